The first-order valence-electron chi connectivity index (χ1n) is 4.98. The summed E-state index contributed by atoms with van der Waals surface area (Å²) in [6.07, 6.45) is 0. The number of carbonyl (C=O) groups is 1. The molecular weight excluding hydrogens is 286 g/mol. The Morgan fingerprint density at radius 1 is 1.41 bits per heavy atom. The molecule has 0 aliphatic heterocycles. The molecule has 0 unspecified atom stereocenters. The monoisotopic (exact) mass is 295 g/mol. The van der Waals surface area contributed by atoms with E-state index < -0.39 is 0 Å². The molecule has 0 bridgehead atoms. The molecule has 0 fully saturated rings. The molecule has 1 aromatic heterocycles. The molecule has 1 N–H and O–H groups in total. The van der Waals surface area contributed by atoms with Crippen LogP contribution in [0.4, 0.5) is 0 Å². The highest BCUT2D eigenvalue weighted by molar-refractivity contribution is 9.10. The second-order valence-electron chi connectivity index (χ2n) is 3.42. The number of hydrogen-bond acceptors (Lipinski definition) is 4. The van der Waals surface area contributed by atoms with Crippen LogP contribution in [0.15, 0.2) is 33.3 Å². The Kier molecular flexibility index (Phi) is 3.53. The van der Waals surface area contributed by atoms with Crippen LogP contribution < -0.4 is 5.32 Å². The number of hydrogen-bond donors (Lipinski definition) is 1. The van der Waals surface area contributed by atoms with Crippen LogP contribution in [0, 0.1) is 6.92 Å². The van der Waals surface area contributed by atoms with Gasteiger partial charge in [0.15, 0.2) is 5.82 Å². The number of carbonyl (C=O) groups excluding carboxylic acids is 1. The number of halogens is 1. The summed E-state index contributed by atoms with van der Waals surface area (Å²) in [5.41, 5.74) is 0.587. The van der Waals surface area contributed by atoms with Gasteiger partial charge in [-0.15, -0.1) is 0 Å². The first-order chi connectivity index (χ1) is 8.15. The van der Waals surface area contributed by atoms with Gasteiger partial charge in [-0.25, -0.2) is 0 Å². The largest absolute Gasteiger partial charge is 0.343 e. The number of nitrogens with zero attached hydrogens (tertiary/aromatic N) is 2. The first kappa shape index (κ1) is 11.8. The molecule has 88 valence electrons. The Balaban J connectivity index is 1.95. The van der Waals surface area contributed by atoms with Gasteiger partial charge in [0.25, 0.3) is 5.91 Å². The second kappa shape index (κ2) is 5.09. The van der Waals surface area contributed by atoms with E-state index in [4.69, 9.17) is 4.52 Å². The molecule has 1 aromatic carbocycles. The third-order valence-corrected chi connectivity index (χ3v) is 2.60. The van der Waals surface area contributed by atoms with E-state index in [2.05, 4.69) is 31.4 Å². The van der Waals surface area contributed by atoms with E-state index in [1.807, 2.05) is 12.1 Å². The summed E-state index contributed by atoms with van der Waals surface area (Å²) in [7, 11) is 0. The molecule has 1 heterocycles. The lowest BCUT2D eigenvalue weighted by molar-refractivity contribution is 0.0946. The fraction of sp³-hybridized carbons (Fsp3) is 0.182. The van der Waals surface area contributed by atoms with Crippen molar-refractivity contribution >= 4 is 21.8 Å². The number of aryl methyl sites for hydroxylation is 1. The maximum atomic E-state index is 11.7. The fourth-order valence-corrected chi connectivity index (χ4v) is 1.54. The second-order valence-corrected chi connectivity index (χ2v) is 4.34. The van der Waals surface area contributed by atoms with E-state index in [0.29, 0.717) is 17.3 Å². The molecule has 0 spiro atoms. The quantitative estimate of drug-likeness (QED) is 0.941. The van der Waals surface area contributed by atoms with Gasteiger partial charge in [0.05, 0.1) is 6.54 Å². The molecule has 0 aliphatic rings. The molecule has 0 saturated carbocycles. The molecule has 17 heavy (non-hydrogen) atoms. The van der Waals surface area contributed by atoms with Gasteiger partial charge in [-0.05, 0) is 31.2 Å². The summed E-state index contributed by atoms with van der Waals surface area (Å²) in [6, 6.07) is 7.09. The third kappa shape index (κ3) is 3.13. The highest BCUT2D eigenvalue weighted by Crippen LogP contribution is 2.10. The van der Waals surface area contributed by atoms with E-state index in [-0.39, 0.29) is 12.5 Å². The maximum Gasteiger partial charge on any atom is 0.251 e. The van der Waals surface area contributed by atoms with Crippen LogP contribution in [0.3, 0.4) is 0 Å². The summed E-state index contributed by atoms with van der Waals surface area (Å²) < 4.78 is 5.82. The number of rotatable bonds is 3. The number of amides is 1. The van der Waals surface area contributed by atoms with E-state index in [1.165, 1.54) is 0 Å². The SMILES string of the molecule is Cc1noc(CNC(=O)c2ccc(Br)cc2)n1. The van der Waals surface area contributed by atoms with Gasteiger partial charge in [-0.1, -0.05) is 21.1 Å². The Hall–Kier alpha value is -1.69. The molecule has 0 saturated heterocycles. The van der Waals surface area contributed by atoms with E-state index in [9.17, 15) is 4.79 Å². The summed E-state index contributed by atoms with van der Waals surface area (Å²) in [4.78, 5) is 15.7. The molecule has 1 amide bonds. The predicted octanol–water partition coefficient (Wildman–Crippen LogP) is 2.07. The van der Waals surface area contributed by atoms with Gasteiger partial charge in [0.1, 0.15) is 0 Å². The fourth-order valence-electron chi connectivity index (χ4n) is 1.27. The van der Waals surface area contributed by atoms with Gasteiger partial charge >= 0.3 is 0 Å². The minimum absolute atomic E-state index is 0.173. The smallest absolute Gasteiger partial charge is 0.251 e. The van der Waals surface area contributed by atoms with Crippen molar-refractivity contribution in [3.05, 3.63) is 46.0 Å². The predicted molar refractivity (Wildman–Crippen MR) is 64.3 cm³/mol. The van der Waals surface area contributed by atoms with Crippen LogP contribution in [0.1, 0.15) is 22.1 Å². The normalized spacial score (nSPS) is 10.2. The van der Waals surface area contributed by atoms with E-state index in [0.717, 1.165) is 4.47 Å². The van der Waals surface area contributed by atoms with Crippen molar-refractivity contribution in [3.8, 4) is 0 Å². The molecule has 0 radical (unpaired) electrons. The number of aromatic nitrogens is 2. The average Bonchev–Trinajstić information content (AvgIpc) is 2.73. The van der Waals surface area contributed by atoms with Crippen LogP contribution in [0.25, 0.3) is 0 Å². The minimum atomic E-state index is -0.173. The summed E-state index contributed by atoms with van der Waals surface area (Å²) in [5.74, 6) is 0.777. The van der Waals surface area contributed by atoms with Gasteiger partial charge in [-0.2, -0.15) is 4.98 Å². The molecule has 2 aromatic rings. The molecule has 6 heteroatoms. The Morgan fingerprint density at radius 2 is 2.12 bits per heavy atom. The topological polar surface area (TPSA) is 68.0 Å². The van der Waals surface area contributed by atoms with Gasteiger partial charge in [0, 0.05) is 10.0 Å². The summed E-state index contributed by atoms with van der Waals surface area (Å²) >= 11 is 3.31. The Labute approximate surface area is 106 Å². The van der Waals surface area contributed by atoms with E-state index >= 15 is 0 Å². The molecule has 5 nitrogen and oxygen atoms in total. The van der Waals surface area contributed by atoms with Crippen molar-refractivity contribution < 1.29 is 9.32 Å². The van der Waals surface area contributed by atoms with Crippen molar-refractivity contribution in [2.75, 3.05) is 0 Å². The standard InChI is InChI=1S/C11H10BrN3O2/c1-7-14-10(17-15-7)6-13-11(16)8-2-4-9(12)5-3-8/h2-5H,6H2,1H3,(H,13,16). The van der Waals surface area contributed by atoms with E-state index in [1.54, 1.807) is 19.1 Å². The Bertz CT molecular complexity index is 522. The van der Waals surface area contributed by atoms with Crippen LogP contribution in [-0.2, 0) is 6.54 Å². The van der Waals surface area contributed by atoms with Crippen LogP contribution in [-0.4, -0.2) is 16.0 Å². The Morgan fingerprint density at radius 3 is 2.71 bits per heavy atom. The zero-order chi connectivity index (χ0) is 12.3. The van der Waals surface area contributed by atoms with Crippen molar-refractivity contribution in [1.82, 2.24) is 15.5 Å². The van der Waals surface area contributed by atoms with Gasteiger partial charge < -0.3 is 9.84 Å². The third-order valence-electron chi connectivity index (χ3n) is 2.08. The van der Waals surface area contributed by atoms with Crippen molar-refractivity contribution in [1.29, 1.82) is 0 Å². The zero-order valence-electron chi connectivity index (χ0n) is 9.11. The lowest BCUT2D eigenvalue weighted by atomic mass is 10.2. The maximum absolute atomic E-state index is 11.7. The summed E-state index contributed by atoms with van der Waals surface area (Å²) in [5, 5.41) is 6.33. The number of benzene rings is 1. The van der Waals surface area contributed by atoms with Crippen molar-refractivity contribution in [2.24, 2.45) is 0 Å². The van der Waals surface area contributed by atoms with Gasteiger partial charge in [0.2, 0.25) is 5.89 Å². The van der Waals surface area contributed by atoms with Crippen LogP contribution in [0.2, 0.25) is 0 Å². The zero-order valence-corrected chi connectivity index (χ0v) is 10.7. The number of nitrogens with one attached hydrogen (secondary N) is 1. The average molecular weight is 296 g/mol. The van der Waals surface area contributed by atoms with Crippen molar-refractivity contribution in [3.63, 3.8) is 0 Å². The first-order valence-corrected chi connectivity index (χ1v) is 5.77. The lowest BCUT2D eigenvalue weighted by Crippen LogP contribution is -2.22. The molecule has 0 atom stereocenters. The van der Waals surface area contributed by atoms with Crippen LogP contribution in [0.5, 0.6) is 0 Å². The molecule has 2 rings (SSSR count). The van der Waals surface area contributed by atoms with Crippen LogP contribution >= 0.6 is 15.9 Å². The molecule has 0 aliphatic carbocycles. The van der Waals surface area contributed by atoms with Gasteiger partial charge in [-0.3, -0.25) is 4.79 Å². The minimum Gasteiger partial charge on any atom is -0.343 e. The summed E-state index contributed by atoms with van der Waals surface area (Å²) in [6.45, 7) is 1.96. The lowest BCUT2D eigenvalue weighted by Gasteiger charge is -2.02. The van der Waals surface area contributed by atoms with Crippen molar-refractivity contribution in [2.45, 2.75) is 13.5 Å². The highest BCUT2D eigenvalue weighted by Gasteiger charge is 2.07. The molecular formula is C11H10BrN3O2. The highest BCUT2D eigenvalue weighted by atomic mass is 79.9.